The van der Waals surface area contributed by atoms with Crippen LogP contribution in [0, 0.1) is 21.4 Å². The van der Waals surface area contributed by atoms with Gasteiger partial charge in [-0.1, -0.05) is 24.3 Å². The molecule has 8 rings (SSSR count). The van der Waals surface area contributed by atoms with Crippen LogP contribution in [0.15, 0.2) is 90.0 Å². The number of para-hydroxylation sites is 1. The predicted molar refractivity (Wildman–Crippen MR) is 250 cm³/mol. The Kier molecular flexibility index (Phi) is 13.7. The van der Waals surface area contributed by atoms with Crippen molar-refractivity contribution in [2.75, 3.05) is 56.6 Å². The van der Waals surface area contributed by atoms with E-state index < -0.39 is 32.1 Å². The Balaban J connectivity index is 0.857. The van der Waals surface area contributed by atoms with Crippen molar-refractivity contribution >= 4 is 33.0 Å². The summed E-state index contributed by atoms with van der Waals surface area (Å²) in [5.74, 6) is 0.977. The SMILES string of the molecule is COc1ccc(CN2CCN(C3CC4(CCN(c5ccc(C(=O)NS(=O)(=O)c6ccc(NCC7CCC(C)(O)CC7)c([N+](=O)[O-])c6)cc5)CC4)C3)[C@@H](c3ccccc3OC(C)C)C2)cn1. The number of carbonyl (C=O) groups is 1. The lowest BCUT2D eigenvalue weighted by Gasteiger charge is -2.58. The van der Waals surface area contributed by atoms with Crippen LogP contribution in [0.1, 0.15) is 99.7 Å². The lowest BCUT2D eigenvalue weighted by Crippen LogP contribution is -2.59. The first-order valence-electron chi connectivity index (χ1n) is 23.0. The van der Waals surface area contributed by atoms with E-state index in [1.807, 2.05) is 31.3 Å². The summed E-state index contributed by atoms with van der Waals surface area (Å²) in [5, 5.41) is 25.3. The molecule has 4 fully saturated rings. The first kappa shape index (κ1) is 46.2. The fourth-order valence-electron chi connectivity index (χ4n) is 10.3. The maximum Gasteiger partial charge on any atom is 0.293 e. The molecule has 2 saturated carbocycles. The molecule has 1 atom stereocenters. The number of nitrogens with zero attached hydrogens (tertiary/aromatic N) is 5. The summed E-state index contributed by atoms with van der Waals surface area (Å²) in [7, 11) is -2.78. The second-order valence-corrected chi connectivity index (χ2v) is 20.9. The molecule has 2 aliphatic heterocycles. The summed E-state index contributed by atoms with van der Waals surface area (Å²) in [6.45, 7) is 11.8. The number of hydrogen-bond acceptors (Lipinski definition) is 13. The molecule has 0 bridgehead atoms. The molecule has 1 spiro atoms. The molecule has 16 heteroatoms. The Morgan fingerprint density at radius 3 is 2.35 bits per heavy atom. The number of methoxy groups -OCH3 is 1. The monoisotopic (exact) mass is 909 g/mol. The minimum absolute atomic E-state index is 0.0695. The summed E-state index contributed by atoms with van der Waals surface area (Å²) in [4.78, 5) is 36.2. The van der Waals surface area contributed by atoms with Gasteiger partial charge in [-0.05, 0) is 131 Å². The molecule has 0 radical (unpaired) electrons. The molecular weight excluding hydrogens is 847 g/mol. The molecule has 3 heterocycles. The fourth-order valence-corrected chi connectivity index (χ4v) is 11.3. The highest BCUT2D eigenvalue weighted by molar-refractivity contribution is 7.90. The van der Waals surface area contributed by atoms with Gasteiger partial charge in [-0.2, -0.15) is 0 Å². The zero-order chi connectivity index (χ0) is 45.9. The van der Waals surface area contributed by atoms with Gasteiger partial charge in [0.1, 0.15) is 11.4 Å². The summed E-state index contributed by atoms with van der Waals surface area (Å²) >= 11 is 0. The van der Waals surface area contributed by atoms with Gasteiger partial charge < -0.3 is 24.8 Å². The van der Waals surface area contributed by atoms with E-state index in [9.17, 15) is 28.4 Å². The Labute approximate surface area is 382 Å². The van der Waals surface area contributed by atoms with Crippen molar-refractivity contribution in [1.29, 1.82) is 0 Å². The van der Waals surface area contributed by atoms with Gasteiger partial charge in [0.15, 0.2) is 0 Å². The lowest BCUT2D eigenvalue weighted by atomic mass is 9.59. The van der Waals surface area contributed by atoms with Gasteiger partial charge in [-0.25, -0.2) is 18.1 Å². The predicted octanol–water partition coefficient (Wildman–Crippen LogP) is 7.57. The van der Waals surface area contributed by atoms with Crippen LogP contribution in [0.4, 0.5) is 17.1 Å². The lowest BCUT2D eigenvalue weighted by molar-refractivity contribution is -0.384. The minimum Gasteiger partial charge on any atom is -0.491 e. The third-order valence-electron chi connectivity index (χ3n) is 14.2. The Morgan fingerprint density at radius 1 is 0.969 bits per heavy atom. The number of nitrogens with one attached hydrogen (secondary N) is 2. The van der Waals surface area contributed by atoms with Crippen LogP contribution in [0.5, 0.6) is 11.6 Å². The quantitative estimate of drug-likeness (QED) is 0.0787. The number of ether oxygens (including phenoxy) is 2. The highest BCUT2D eigenvalue weighted by Crippen LogP contribution is 2.53. The van der Waals surface area contributed by atoms with E-state index in [1.165, 1.54) is 17.7 Å². The molecule has 2 aliphatic carbocycles. The number of anilines is 2. The summed E-state index contributed by atoms with van der Waals surface area (Å²) < 4.78 is 40.4. The largest absolute Gasteiger partial charge is 0.491 e. The van der Waals surface area contributed by atoms with Crippen LogP contribution in [0.2, 0.25) is 0 Å². The number of rotatable bonds is 15. The number of piperazine rings is 1. The first-order chi connectivity index (χ1) is 31.1. The molecule has 0 unspecified atom stereocenters. The molecule has 3 aromatic carbocycles. The fraction of sp³-hybridized carbons (Fsp3) is 0.510. The standard InChI is InChI=1S/C49H63N7O8S/c1-34(2)64-45-8-6-5-7-41(45)44-33-53(32-36-9-16-46(63-4)51-31-36)25-26-55(44)39-28-49(29-39)21-23-54(24-22-49)38-12-10-37(11-13-38)47(57)52-65(61,62)40-14-15-42(43(27-40)56(59)60)50-30-35-17-19-48(3,58)20-18-35/h5-16,27,31,34-35,39,44,50,58H,17-26,28-30,32-33H2,1-4H3,(H,52,57)/t35?,44-,48?/m1/s1. The van der Waals surface area contributed by atoms with Crippen LogP contribution in [0.3, 0.4) is 0 Å². The second kappa shape index (κ2) is 19.3. The molecular formula is C49H63N7O8S. The molecule has 3 N–H and O–H groups in total. The smallest absolute Gasteiger partial charge is 0.293 e. The van der Waals surface area contributed by atoms with Gasteiger partial charge in [0.25, 0.3) is 21.6 Å². The summed E-state index contributed by atoms with van der Waals surface area (Å²) in [6.07, 6.45) is 9.27. The molecule has 65 heavy (non-hydrogen) atoms. The van der Waals surface area contributed by atoms with Crippen molar-refractivity contribution < 1.29 is 32.7 Å². The van der Waals surface area contributed by atoms with Crippen molar-refractivity contribution in [3.05, 3.63) is 112 Å². The van der Waals surface area contributed by atoms with Gasteiger partial charge in [0.05, 0.1) is 34.7 Å². The van der Waals surface area contributed by atoms with E-state index in [1.54, 1.807) is 19.2 Å². The van der Waals surface area contributed by atoms with Crippen LogP contribution in [-0.2, 0) is 16.6 Å². The molecule has 4 aromatic rings. The van der Waals surface area contributed by atoms with Gasteiger partial charge in [0, 0.05) is 87.0 Å². The normalized spacial score (nSPS) is 22.9. The van der Waals surface area contributed by atoms with Crippen molar-refractivity contribution in [3.63, 3.8) is 0 Å². The van der Waals surface area contributed by atoms with Crippen LogP contribution in [0.25, 0.3) is 0 Å². The van der Waals surface area contributed by atoms with E-state index in [-0.39, 0.29) is 39.6 Å². The van der Waals surface area contributed by atoms with Crippen LogP contribution >= 0.6 is 0 Å². The highest BCUT2D eigenvalue weighted by atomic mass is 32.2. The molecule has 1 amide bonds. The number of nitro benzene ring substituents is 1. The third-order valence-corrected chi connectivity index (χ3v) is 15.5. The van der Waals surface area contributed by atoms with E-state index in [0.717, 1.165) is 101 Å². The molecule has 2 saturated heterocycles. The van der Waals surface area contributed by atoms with Crippen molar-refractivity contribution in [2.24, 2.45) is 11.3 Å². The number of piperidine rings is 1. The van der Waals surface area contributed by atoms with Crippen molar-refractivity contribution in [1.82, 2.24) is 19.5 Å². The zero-order valence-corrected chi connectivity index (χ0v) is 38.8. The number of hydrogen-bond donors (Lipinski definition) is 3. The van der Waals surface area contributed by atoms with E-state index in [0.29, 0.717) is 31.3 Å². The first-order valence-corrected chi connectivity index (χ1v) is 24.5. The van der Waals surface area contributed by atoms with Crippen molar-refractivity contribution in [2.45, 2.75) is 107 Å². The van der Waals surface area contributed by atoms with Gasteiger partial charge in [0.2, 0.25) is 5.88 Å². The number of sulfonamides is 1. The maximum absolute atomic E-state index is 13.3. The number of pyridine rings is 1. The molecule has 348 valence electrons. The Hall–Kier alpha value is -5.29. The van der Waals surface area contributed by atoms with Crippen LogP contribution < -0.4 is 24.4 Å². The summed E-state index contributed by atoms with van der Waals surface area (Å²) in [5.41, 5.74) is 2.93. The van der Waals surface area contributed by atoms with E-state index >= 15 is 0 Å². The van der Waals surface area contributed by atoms with E-state index in [2.05, 4.69) is 73.9 Å². The topological polar surface area (TPSA) is 180 Å². The third kappa shape index (κ3) is 10.9. The summed E-state index contributed by atoms with van der Waals surface area (Å²) in [6, 6.07) is 23.7. The number of carbonyl (C=O) groups excluding carboxylic acids is 1. The van der Waals surface area contributed by atoms with Crippen molar-refractivity contribution in [3.8, 4) is 11.6 Å². The Bertz CT molecular complexity index is 2410. The molecule has 1 aromatic heterocycles. The highest BCUT2D eigenvalue weighted by Gasteiger charge is 2.50. The maximum atomic E-state index is 13.3. The molecule has 4 aliphatic rings. The number of benzene rings is 3. The Morgan fingerprint density at radius 2 is 1.69 bits per heavy atom. The second-order valence-electron chi connectivity index (χ2n) is 19.2. The molecule has 15 nitrogen and oxygen atoms in total. The average Bonchev–Trinajstić information content (AvgIpc) is 3.28. The minimum atomic E-state index is -4.41. The van der Waals surface area contributed by atoms with Gasteiger partial charge in [-0.15, -0.1) is 0 Å². The number of aliphatic hydroxyl groups is 1. The van der Waals surface area contributed by atoms with Crippen LogP contribution in [-0.4, -0.2) is 103 Å². The number of aromatic nitrogens is 1. The number of amides is 1. The van der Waals surface area contributed by atoms with Gasteiger partial charge >= 0.3 is 0 Å². The van der Waals surface area contributed by atoms with E-state index in [4.69, 9.17) is 9.47 Å². The number of nitro groups is 1. The average molecular weight is 910 g/mol. The van der Waals surface area contributed by atoms with Gasteiger partial charge in [-0.3, -0.25) is 24.7 Å². The zero-order valence-electron chi connectivity index (χ0n) is 37.9.